The molecule has 7 nitrogen and oxygen atoms in total. The molecule has 7 heteroatoms. The predicted molar refractivity (Wildman–Crippen MR) is 131 cm³/mol. The van der Waals surface area contributed by atoms with Crippen molar-refractivity contribution in [2.75, 3.05) is 19.7 Å². The van der Waals surface area contributed by atoms with Crippen LogP contribution in [-0.2, 0) is 14.3 Å². The highest BCUT2D eigenvalue weighted by molar-refractivity contribution is 5.86. The Morgan fingerprint density at radius 1 is 1.00 bits per heavy atom. The van der Waals surface area contributed by atoms with Gasteiger partial charge in [0.2, 0.25) is 5.91 Å². The largest absolute Gasteiger partial charge is 0.481 e. The lowest BCUT2D eigenvalue weighted by Crippen LogP contribution is -2.50. The van der Waals surface area contributed by atoms with E-state index in [9.17, 15) is 14.4 Å². The number of carbonyl (C=O) groups excluding carboxylic acids is 2. The van der Waals surface area contributed by atoms with Gasteiger partial charge in [-0.15, -0.1) is 0 Å². The first-order chi connectivity index (χ1) is 16.3. The van der Waals surface area contributed by atoms with E-state index in [0.29, 0.717) is 19.4 Å². The number of carboxylic acid groups (broad SMARTS) is 1. The number of aliphatic carboxylic acids is 1. The monoisotopic (exact) mass is 466 g/mol. The molecule has 0 spiro atoms. The van der Waals surface area contributed by atoms with Crippen molar-refractivity contribution in [2.24, 2.45) is 5.92 Å². The zero-order chi connectivity index (χ0) is 24.7. The molecule has 0 saturated heterocycles. The minimum atomic E-state index is -0.959. The van der Waals surface area contributed by atoms with Crippen LogP contribution in [0.3, 0.4) is 0 Å². The molecule has 1 aliphatic rings. The van der Waals surface area contributed by atoms with Crippen LogP contribution >= 0.6 is 0 Å². The fourth-order valence-corrected chi connectivity index (χ4v) is 4.53. The maximum absolute atomic E-state index is 13.2. The fraction of sp³-hybridized carbons (Fsp3) is 0.444. The van der Waals surface area contributed by atoms with E-state index in [1.165, 1.54) is 4.90 Å². The lowest BCUT2D eigenvalue weighted by Gasteiger charge is -2.28. The van der Waals surface area contributed by atoms with Crippen LogP contribution in [0.15, 0.2) is 48.5 Å². The van der Waals surface area contributed by atoms with E-state index in [1.54, 1.807) is 0 Å². The maximum atomic E-state index is 13.2. The summed E-state index contributed by atoms with van der Waals surface area (Å²) in [4.78, 5) is 38.5. The number of rotatable bonds is 11. The molecule has 1 aliphatic carbocycles. The number of carbonyl (C=O) groups is 3. The van der Waals surface area contributed by atoms with Crippen LogP contribution in [-0.4, -0.2) is 53.7 Å². The van der Waals surface area contributed by atoms with Gasteiger partial charge < -0.3 is 20.1 Å². The Morgan fingerprint density at radius 2 is 1.59 bits per heavy atom. The number of alkyl carbamates (subject to hydrolysis) is 1. The Kier molecular flexibility index (Phi) is 8.68. The second-order valence-corrected chi connectivity index (χ2v) is 9.12. The molecule has 0 aliphatic heterocycles. The molecule has 3 rings (SSSR count). The summed E-state index contributed by atoms with van der Waals surface area (Å²) in [6.07, 6.45) is 0.363. The lowest BCUT2D eigenvalue weighted by atomic mass is 9.98. The Morgan fingerprint density at radius 3 is 2.12 bits per heavy atom. The molecule has 0 bridgehead atoms. The predicted octanol–water partition coefficient (Wildman–Crippen LogP) is 4.65. The molecule has 2 amide bonds. The molecule has 0 radical (unpaired) electrons. The Balaban J connectivity index is 1.68. The van der Waals surface area contributed by atoms with Crippen molar-refractivity contribution in [3.8, 4) is 11.1 Å². The van der Waals surface area contributed by atoms with E-state index in [-0.39, 0.29) is 37.3 Å². The maximum Gasteiger partial charge on any atom is 0.407 e. The number of benzene rings is 2. The molecule has 0 fully saturated rings. The summed E-state index contributed by atoms with van der Waals surface area (Å²) in [6, 6.07) is 15.4. The average Bonchev–Trinajstić information content (AvgIpc) is 3.13. The number of carboxylic acids is 1. The third-order valence-corrected chi connectivity index (χ3v) is 6.04. The first-order valence-corrected chi connectivity index (χ1v) is 11.9. The Labute approximate surface area is 201 Å². The number of hydrogen-bond donors (Lipinski definition) is 2. The minimum Gasteiger partial charge on any atom is -0.481 e. The van der Waals surface area contributed by atoms with Gasteiger partial charge in [-0.2, -0.15) is 0 Å². The zero-order valence-electron chi connectivity index (χ0n) is 20.1. The number of nitrogens with one attached hydrogen (secondary N) is 1. The topological polar surface area (TPSA) is 95.9 Å². The Bertz CT molecular complexity index is 974. The van der Waals surface area contributed by atoms with E-state index < -0.39 is 18.1 Å². The minimum absolute atomic E-state index is 0.0652. The third kappa shape index (κ3) is 6.16. The molecular formula is C27H34N2O5. The van der Waals surface area contributed by atoms with Gasteiger partial charge in [0.25, 0.3) is 0 Å². The van der Waals surface area contributed by atoms with Gasteiger partial charge in [-0.3, -0.25) is 9.59 Å². The molecule has 2 N–H and O–H groups in total. The van der Waals surface area contributed by atoms with Crippen molar-refractivity contribution < 1.29 is 24.2 Å². The molecule has 0 saturated carbocycles. The summed E-state index contributed by atoms with van der Waals surface area (Å²) in [7, 11) is 0. The lowest BCUT2D eigenvalue weighted by molar-refractivity contribution is -0.139. The van der Waals surface area contributed by atoms with Crippen LogP contribution in [0.25, 0.3) is 11.1 Å². The van der Waals surface area contributed by atoms with E-state index in [1.807, 2.05) is 45.0 Å². The normalized spacial score (nSPS) is 13.2. The molecule has 0 heterocycles. The molecule has 34 heavy (non-hydrogen) atoms. The number of nitrogens with zero attached hydrogens (tertiary/aromatic N) is 1. The van der Waals surface area contributed by atoms with Gasteiger partial charge in [-0.1, -0.05) is 69.3 Å². The van der Waals surface area contributed by atoms with Crippen molar-refractivity contribution >= 4 is 18.0 Å². The zero-order valence-corrected chi connectivity index (χ0v) is 20.1. The Hall–Kier alpha value is -3.35. The van der Waals surface area contributed by atoms with Crippen molar-refractivity contribution in [1.29, 1.82) is 0 Å². The fourth-order valence-electron chi connectivity index (χ4n) is 4.53. The third-order valence-electron chi connectivity index (χ3n) is 6.04. The molecule has 2 aromatic carbocycles. The van der Waals surface area contributed by atoms with Gasteiger partial charge in [0.1, 0.15) is 12.6 Å². The van der Waals surface area contributed by atoms with Crippen LogP contribution in [0.2, 0.25) is 0 Å². The molecule has 1 atom stereocenters. The SMILES string of the molecule is CCCN(CCC(=O)O)C(=O)[C@@H](CC(C)C)NC(=O)OCC1c2ccccc2-c2ccccc21. The summed E-state index contributed by atoms with van der Waals surface area (Å²) in [5.41, 5.74) is 4.53. The van der Waals surface area contributed by atoms with Crippen molar-refractivity contribution in [1.82, 2.24) is 10.2 Å². The molecular weight excluding hydrogens is 432 g/mol. The average molecular weight is 467 g/mol. The van der Waals surface area contributed by atoms with E-state index in [2.05, 4.69) is 29.6 Å². The number of hydrogen-bond acceptors (Lipinski definition) is 4. The summed E-state index contributed by atoms with van der Waals surface area (Å²) < 4.78 is 5.62. The van der Waals surface area contributed by atoms with Crippen LogP contribution in [0, 0.1) is 5.92 Å². The van der Waals surface area contributed by atoms with Gasteiger partial charge in [0, 0.05) is 19.0 Å². The van der Waals surface area contributed by atoms with Crippen molar-refractivity contribution in [3.63, 3.8) is 0 Å². The highest BCUT2D eigenvalue weighted by atomic mass is 16.5. The van der Waals surface area contributed by atoms with Crippen molar-refractivity contribution in [2.45, 2.75) is 52.0 Å². The van der Waals surface area contributed by atoms with Crippen LogP contribution in [0.4, 0.5) is 4.79 Å². The second-order valence-electron chi connectivity index (χ2n) is 9.12. The summed E-state index contributed by atoms with van der Waals surface area (Å²) in [5.74, 6) is -1.14. The molecule has 0 aromatic heterocycles. The summed E-state index contributed by atoms with van der Waals surface area (Å²) in [6.45, 7) is 6.59. The molecule has 0 unspecified atom stereocenters. The van der Waals surface area contributed by atoms with Gasteiger partial charge in [-0.25, -0.2) is 4.79 Å². The number of amides is 2. The van der Waals surface area contributed by atoms with E-state index in [0.717, 1.165) is 22.3 Å². The van der Waals surface area contributed by atoms with Gasteiger partial charge in [-0.05, 0) is 41.0 Å². The van der Waals surface area contributed by atoms with Crippen molar-refractivity contribution in [3.05, 3.63) is 59.7 Å². The second kappa shape index (κ2) is 11.7. The van der Waals surface area contributed by atoms with Gasteiger partial charge >= 0.3 is 12.1 Å². The van der Waals surface area contributed by atoms with E-state index >= 15 is 0 Å². The standard InChI is InChI=1S/C27H34N2O5/c1-4-14-29(15-13-25(30)31)26(32)24(16-18(2)3)28-27(33)34-17-23-21-11-7-5-9-19(21)20-10-6-8-12-22(20)23/h5-12,18,23-24H,4,13-17H2,1-3H3,(H,28,33)(H,30,31)/t24-/m1/s1. The van der Waals surface area contributed by atoms with Gasteiger partial charge in [0.15, 0.2) is 0 Å². The highest BCUT2D eigenvalue weighted by Gasteiger charge is 2.31. The number of fused-ring (bicyclic) bond motifs is 3. The van der Waals surface area contributed by atoms with Crippen LogP contribution in [0.5, 0.6) is 0 Å². The van der Waals surface area contributed by atoms with Gasteiger partial charge in [0.05, 0.1) is 6.42 Å². The molecule has 2 aromatic rings. The first kappa shape index (κ1) is 25.3. The smallest absolute Gasteiger partial charge is 0.407 e. The first-order valence-electron chi connectivity index (χ1n) is 11.9. The number of ether oxygens (including phenoxy) is 1. The summed E-state index contributed by atoms with van der Waals surface area (Å²) >= 11 is 0. The quantitative estimate of drug-likeness (QED) is 0.502. The van der Waals surface area contributed by atoms with Crippen LogP contribution < -0.4 is 5.32 Å². The van der Waals surface area contributed by atoms with E-state index in [4.69, 9.17) is 9.84 Å². The van der Waals surface area contributed by atoms with Crippen LogP contribution in [0.1, 0.15) is 57.1 Å². The summed E-state index contributed by atoms with van der Waals surface area (Å²) in [5, 5.41) is 11.8. The molecule has 182 valence electrons. The highest BCUT2D eigenvalue weighted by Crippen LogP contribution is 2.44.